The zero-order valence-electron chi connectivity index (χ0n) is 15.7. The summed E-state index contributed by atoms with van der Waals surface area (Å²) >= 11 is 0. The third kappa shape index (κ3) is 3.81. The molecule has 0 atom stereocenters. The predicted octanol–water partition coefficient (Wildman–Crippen LogP) is 3.67. The zero-order chi connectivity index (χ0) is 18.8. The van der Waals surface area contributed by atoms with E-state index in [2.05, 4.69) is 10.6 Å². The largest absolute Gasteiger partial charge is 0.455 e. The molecule has 0 radical (unpaired) electrons. The first-order valence-electron chi connectivity index (χ1n) is 9.28. The molecule has 0 spiro atoms. The summed E-state index contributed by atoms with van der Waals surface area (Å²) in [6.45, 7) is 3.55. The Morgan fingerprint density at radius 1 is 1.07 bits per heavy atom. The van der Waals surface area contributed by atoms with Crippen LogP contribution in [-0.4, -0.2) is 25.0 Å². The number of carbonyl (C=O) groups excluding carboxylic acids is 1. The minimum Gasteiger partial charge on any atom is -0.455 e. The maximum atomic E-state index is 12.9. The van der Waals surface area contributed by atoms with E-state index in [0.29, 0.717) is 27.9 Å². The molecule has 1 amide bonds. The Bertz CT molecular complexity index is 1040. The Kier molecular flexibility index (Phi) is 6.17. The molecule has 3 aromatic rings. The smallest absolute Gasteiger partial charge is 0.255 e. The van der Waals surface area contributed by atoms with Gasteiger partial charge < -0.3 is 15.1 Å². The number of hydrogen-bond acceptors (Lipinski definition) is 4. The van der Waals surface area contributed by atoms with E-state index in [9.17, 15) is 9.59 Å². The number of halogens is 1. The van der Waals surface area contributed by atoms with Gasteiger partial charge in [-0.15, -0.1) is 12.4 Å². The van der Waals surface area contributed by atoms with Crippen LogP contribution in [0.2, 0.25) is 0 Å². The maximum Gasteiger partial charge on any atom is 0.255 e. The van der Waals surface area contributed by atoms with Crippen molar-refractivity contribution in [3.05, 3.63) is 69.9 Å². The number of piperidine rings is 1. The molecule has 0 aliphatic carbocycles. The van der Waals surface area contributed by atoms with E-state index < -0.39 is 0 Å². The number of para-hydroxylation sites is 1. The van der Waals surface area contributed by atoms with Gasteiger partial charge in [0.15, 0.2) is 11.0 Å². The lowest BCUT2D eigenvalue weighted by molar-refractivity contribution is 0.0930. The molecule has 1 saturated heterocycles. The van der Waals surface area contributed by atoms with Crippen molar-refractivity contribution in [3.8, 4) is 11.3 Å². The highest BCUT2D eigenvalue weighted by Crippen LogP contribution is 2.27. The van der Waals surface area contributed by atoms with Crippen LogP contribution in [0.1, 0.15) is 28.8 Å². The minimum absolute atomic E-state index is 0. The Labute approximate surface area is 169 Å². The lowest BCUT2D eigenvalue weighted by Crippen LogP contribution is -2.42. The molecule has 0 bridgehead atoms. The van der Waals surface area contributed by atoms with Gasteiger partial charge in [0.25, 0.3) is 5.91 Å². The number of carbonyl (C=O) groups is 1. The van der Waals surface area contributed by atoms with Crippen molar-refractivity contribution in [1.29, 1.82) is 0 Å². The first kappa shape index (κ1) is 20.1. The van der Waals surface area contributed by atoms with Crippen molar-refractivity contribution in [2.24, 2.45) is 0 Å². The lowest BCUT2D eigenvalue weighted by Gasteiger charge is -2.23. The first-order chi connectivity index (χ1) is 13.1. The van der Waals surface area contributed by atoms with Crippen LogP contribution in [0.4, 0.5) is 0 Å². The van der Waals surface area contributed by atoms with Gasteiger partial charge in [-0.2, -0.15) is 0 Å². The van der Waals surface area contributed by atoms with Gasteiger partial charge in [0, 0.05) is 17.2 Å². The van der Waals surface area contributed by atoms with Crippen molar-refractivity contribution in [2.75, 3.05) is 13.1 Å². The minimum atomic E-state index is -0.196. The Morgan fingerprint density at radius 2 is 1.79 bits per heavy atom. The Morgan fingerprint density at radius 3 is 2.50 bits per heavy atom. The quantitative estimate of drug-likeness (QED) is 0.706. The van der Waals surface area contributed by atoms with Crippen LogP contribution >= 0.6 is 12.4 Å². The van der Waals surface area contributed by atoms with Gasteiger partial charge in [-0.1, -0.05) is 36.4 Å². The second-order valence-corrected chi connectivity index (χ2v) is 6.93. The predicted molar refractivity (Wildman–Crippen MR) is 113 cm³/mol. The number of amides is 1. The fourth-order valence-electron chi connectivity index (χ4n) is 3.58. The molecule has 1 aliphatic rings. The fraction of sp³-hybridized carbons (Fsp3) is 0.273. The number of nitrogens with one attached hydrogen (secondary N) is 2. The standard InChI is InChI=1S/C22H22N2O3.ClH/c1-14-19(25)17-8-5-9-18(22(26)24-16-10-12-23-13-11-16)21(17)27-20(14)15-6-3-2-4-7-15;/h2-9,16,23H,10-13H2,1H3,(H,24,26);1H. The second-order valence-electron chi connectivity index (χ2n) is 6.93. The normalized spacial score (nSPS) is 14.5. The van der Waals surface area contributed by atoms with E-state index in [1.54, 1.807) is 25.1 Å². The van der Waals surface area contributed by atoms with E-state index in [-0.39, 0.29) is 29.8 Å². The van der Waals surface area contributed by atoms with Crippen molar-refractivity contribution in [1.82, 2.24) is 10.6 Å². The molecule has 2 N–H and O–H groups in total. The van der Waals surface area contributed by atoms with Crippen LogP contribution in [0.25, 0.3) is 22.3 Å². The summed E-state index contributed by atoms with van der Waals surface area (Å²) in [6, 6.07) is 14.8. The van der Waals surface area contributed by atoms with Gasteiger partial charge in [-0.3, -0.25) is 9.59 Å². The van der Waals surface area contributed by atoms with Gasteiger partial charge in [0.1, 0.15) is 5.76 Å². The highest BCUT2D eigenvalue weighted by atomic mass is 35.5. The third-order valence-corrected chi connectivity index (χ3v) is 5.10. The van der Waals surface area contributed by atoms with E-state index in [1.165, 1.54) is 0 Å². The Hall–Kier alpha value is -2.63. The van der Waals surface area contributed by atoms with Gasteiger partial charge in [0.05, 0.1) is 10.9 Å². The van der Waals surface area contributed by atoms with Crippen molar-refractivity contribution >= 4 is 29.3 Å². The molecule has 1 fully saturated rings. The summed E-state index contributed by atoms with van der Waals surface area (Å²) in [5.74, 6) is 0.314. The van der Waals surface area contributed by atoms with E-state index in [1.807, 2.05) is 30.3 Å². The van der Waals surface area contributed by atoms with Crippen LogP contribution in [0.15, 0.2) is 57.7 Å². The van der Waals surface area contributed by atoms with Crippen LogP contribution in [0, 0.1) is 6.92 Å². The molecule has 0 unspecified atom stereocenters. The number of benzene rings is 2. The topological polar surface area (TPSA) is 71.3 Å². The molecule has 4 rings (SSSR count). The summed E-state index contributed by atoms with van der Waals surface area (Å²) in [5, 5.41) is 6.80. The second kappa shape index (κ2) is 8.59. The van der Waals surface area contributed by atoms with E-state index >= 15 is 0 Å². The van der Waals surface area contributed by atoms with E-state index in [4.69, 9.17) is 4.42 Å². The monoisotopic (exact) mass is 398 g/mol. The summed E-state index contributed by atoms with van der Waals surface area (Å²) in [7, 11) is 0. The van der Waals surface area contributed by atoms with Crippen LogP contribution in [0.3, 0.4) is 0 Å². The zero-order valence-corrected chi connectivity index (χ0v) is 16.5. The number of hydrogen-bond donors (Lipinski definition) is 2. The van der Waals surface area contributed by atoms with Crippen LogP contribution < -0.4 is 16.1 Å². The van der Waals surface area contributed by atoms with Crippen molar-refractivity contribution < 1.29 is 9.21 Å². The molecular weight excluding hydrogens is 376 g/mol. The van der Waals surface area contributed by atoms with Crippen molar-refractivity contribution in [2.45, 2.75) is 25.8 Å². The molecule has 28 heavy (non-hydrogen) atoms. The highest BCUT2D eigenvalue weighted by Gasteiger charge is 2.21. The van der Waals surface area contributed by atoms with Crippen molar-refractivity contribution in [3.63, 3.8) is 0 Å². The maximum absolute atomic E-state index is 12.9. The fourth-order valence-corrected chi connectivity index (χ4v) is 3.58. The molecule has 1 aromatic heterocycles. The summed E-state index contributed by atoms with van der Waals surface area (Å²) in [4.78, 5) is 25.8. The van der Waals surface area contributed by atoms with Crippen LogP contribution in [-0.2, 0) is 0 Å². The molecule has 6 heteroatoms. The van der Waals surface area contributed by atoms with E-state index in [0.717, 1.165) is 31.5 Å². The number of rotatable bonds is 3. The molecular formula is C22H23ClN2O3. The molecule has 5 nitrogen and oxygen atoms in total. The number of fused-ring (bicyclic) bond motifs is 1. The molecule has 1 aliphatic heterocycles. The molecule has 2 aromatic carbocycles. The highest BCUT2D eigenvalue weighted by molar-refractivity contribution is 6.05. The van der Waals surface area contributed by atoms with Gasteiger partial charge in [0.2, 0.25) is 0 Å². The SMILES string of the molecule is Cc1c(-c2ccccc2)oc2c(C(=O)NC3CCNCC3)cccc2c1=O.Cl. The van der Waals surface area contributed by atoms with Gasteiger partial charge >= 0.3 is 0 Å². The van der Waals surface area contributed by atoms with Gasteiger partial charge in [-0.05, 0) is 45.0 Å². The average Bonchev–Trinajstić information content (AvgIpc) is 2.71. The summed E-state index contributed by atoms with van der Waals surface area (Å²) in [6.07, 6.45) is 1.80. The molecule has 2 heterocycles. The molecule has 146 valence electrons. The first-order valence-corrected chi connectivity index (χ1v) is 9.28. The Balaban J connectivity index is 0.00000225. The van der Waals surface area contributed by atoms with Gasteiger partial charge in [-0.25, -0.2) is 0 Å². The average molecular weight is 399 g/mol. The lowest BCUT2D eigenvalue weighted by atomic mass is 10.0. The summed E-state index contributed by atoms with van der Waals surface area (Å²) < 4.78 is 6.13. The summed E-state index contributed by atoms with van der Waals surface area (Å²) in [5.41, 5.74) is 2.01. The third-order valence-electron chi connectivity index (χ3n) is 5.10. The molecule has 0 saturated carbocycles. The van der Waals surface area contributed by atoms with Crippen LogP contribution in [0.5, 0.6) is 0 Å².